The van der Waals surface area contributed by atoms with Crippen LogP contribution in [-0.2, 0) is 0 Å². The summed E-state index contributed by atoms with van der Waals surface area (Å²) >= 11 is 0. The average molecular weight is 243 g/mol. The lowest BCUT2D eigenvalue weighted by atomic mass is 10.2. The van der Waals surface area contributed by atoms with Crippen molar-refractivity contribution in [2.45, 2.75) is 19.1 Å². The van der Waals surface area contributed by atoms with Crippen LogP contribution in [0.2, 0.25) is 0 Å². The number of hydrogen-bond acceptors (Lipinski definition) is 1. The molecule has 0 fully saturated rings. The molecule has 0 bridgehead atoms. The van der Waals surface area contributed by atoms with Gasteiger partial charge in [-0.05, 0) is 18.6 Å². The molecule has 1 aromatic carbocycles. The molecule has 0 saturated carbocycles. The highest BCUT2D eigenvalue weighted by Crippen LogP contribution is 2.48. The number of alkyl halides is 3. The maximum Gasteiger partial charge on any atom is 0.415 e. The van der Waals surface area contributed by atoms with E-state index in [1.165, 1.54) is 6.92 Å². The van der Waals surface area contributed by atoms with Crippen LogP contribution in [-0.4, -0.2) is 19.3 Å². The minimum atomic E-state index is -4.22. The van der Waals surface area contributed by atoms with E-state index in [9.17, 15) is 13.2 Å². The summed E-state index contributed by atoms with van der Waals surface area (Å²) in [5.41, 5.74) is 5.25. The van der Waals surface area contributed by atoms with Gasteiger partial charge >= 0.3 is 6.18 Å². The van der Waals surface area contributed by atoms with Crippen LogP contribution in [0.25, 0.3) is 0 Å². The maximum atomic E-state index is 12.6. The summed E-state index contributed by atoms with van der Waals surface area (Å²) in [5.74, 6) is 0. The Morgan fingerprint density at radius 1 is 1.24 bits per heavy atom. The summed E-state index contributed by atoms with van der Waals surface area (Å²) in [7, 11) is 1.66. The fourth-order valence-electron chi connectivity index (χ4n) is 2.17. The Kier molecular flexibility index (Phi) is 2.66. The van der Waals surface area contributed by atoms with E-state index in [1.807, 2.05) is 6.07 Å². The minimum absolute atomic E-state index is 0.392. The van der Waals surface area contributed by atoms with Gasteiger partial charge in [-0.25, -0.2) is 0 Å². The number of benzene rings is 1. The summed E-state index contributed by atoms with van der Waals surface area (Å²) in [5, 5.41) is 0. The Morgan fingerprint density at radius 3 is 2.29 bits per heavy atom. The van der Waals surface area contributed by atoms with Crippen molar-refractivity contribution in [1.29, 1.82) is 0 Å². The number of hydrogen-bond donors (Lipinski definition) is 1. The van der Waals surface area contributed by atoms with E-state index < -0.39 is 17.8 Å². The fourth-order valence-corrected chi connectivity index (χ4v) is 2.17. The number of likely N-dealkylation sites (N-methyl/N-ethyl adjacent to an activating group) is 1. The van der Waals surface area contributed by atoms with Gasteiger partial charge in [-0.3, -0.25) is 0 Å². The summed E-state index contributed by atoms with van der Waals surface area (Å²) < 4.78 is 37.9. The molecule has 92 valence electrons. The van der Waals surface area contributed by atoms with Crippen LogP contribution in [0, 0.1) is 0 Å². The zero-order valence-corrected chi connectivity index (χ0v) is 9.67. The van der Waals surface area contributed by atoms with Gasteiger partial charge in [0.05, 0.1) is 17.3 Å². The zero-order chi connectivity index (χ0) is 12.8. The predicted octanol–water partition coefficient (Wildman–Crippen LogP) is 2.26. The molecule has 0 radical (unpaired) electrons. The van der Waals surface area contributed by atoms with Crippen LogP contribution < -0.4 is 10.6 Å². The van der Waals surface area contributed by atoms with Gasteiger partial charge in [0, 0.05) is 13.1 Å². The monoisotopic (exact) mass is 243 g/mol. The third kappa shape index (κ3) is 2.02. The summed E-state index contributed by atoms with van der Waals surface area (Å²) in [4.78, 5) is 1.63. The van der Waals surface area contributed by atoms with Crippen molar-refractivity contribution in [3.8, 4) is 0 Å². The first kappa shape index (κ1) is 12.0. The molecule has 2 nitrogen and oxygen atoms in total. The molecule has 5 heteroatoms. The molecule has 1 atom stereocenters. The Bertz CT molecular complexity index is 477. The quantitative estimate of drug-likeness (QED) is 0.793. The second kappa shape index (κ2) is 3.77. The van der Waals surface area contributed by atoms with Crippen LogP contribution in [0.4, 0.5) is 24.5 Å². The van der Waals surface area contributed by atoms with Crippen LogP contribution >= 0.6 is 0 Å². The van der Waals surface area contributed by atoms with E-state index in [-0.39, 0.29) is 0 Å². The third-order valence-corrected chi connectivity index (χ3v) is 3.09. The molecule has 0 aliphatic heterocycles. The van der Waals surface area contributed by atoms with Gasteiger partial charge in [0.2, 0.25) is 0 Å². The molecule has 0 saturated heterocycles. The standard InChI is InChI=1S/C12H13F3N2/c1-7-10(12(13,14)15)11(7)17(2)9-6-4-3-5-8(9)16/h3-6,11H,16H2,1-2H3/p+1. The number of quaternary nitrogens is 1. The van der Waals surface area contributed by atoms with E-state index in [2.05, 4.69) is 5.73 Å². The summed E-state index contributed by atoms with van der Waals surface area (Å²) in [6.45, 7) is 1.52. The number of halogens is 3. The number of nitrogens with zero attached hydrogens (tertiary/aromatic N) is 1. The van der Waals surface area contributed by atoms with E-state index in [0.717, 1.165) is 11.4 Å². The van der Waals surface area contributed by atoms with Crippen molar-refractivity contribution in [1.82, 2.24) is 0 Å². The maximum absolute atomic E-state index is 12.6. The Morgan fingerprint density at radius 2 is 1.82 bits per heavy atom. The molecule has 2 rings (SSSR count). The Labute approximate surface area is 97.5 Å². The number of para-hydroxylation sites is 1. The van der Waals surface area contributed by atoms with Crippen LogP contribution in [0.3, 0.4) is 0 Å². The van der Waals surface area contributed by atoms with Crippen molar-refractivity contribution in [3.63, 3.8) is 0 Å². The SMILES string of the molecule is CC1=C(C(F)(F)F)C1N(C)c1ccccc1[NH3+]. The molecule has 0 spiro atoms. The van der Waals surface area contributed by atoms with Crippen molar-refractivity contribution in [3.05, 3.63) is 35.4 Å². The summed E-state index contributed by atoms with van der Waals surface area (Å²) in [6, 6.07) is 6.56. The molecule has 0 heterocycles. The molecular weight excluding hydrogens is 229 g/mol. The first-order valence-corrected chi connectivity index (χ1v) is 5.25. The van der Waals surface area contributed by atoms with Gasteiger partial charge < -0.3 is 10.6 Å². The second-order valence-electron chi connectivity index (χ2n) is 4.24. The largest absolute Gasteiger partial charge is 0.415 e. The lowest BCUT2D eigenvalue weighted by molar-refractivity contribution is -0.253. The molecular formula is C12H14F3N2+. The van der Waals surface area contributed by atoms with Crippen LogP contribution in [0.5, 0.6) is 0 Å². The molecule has 1 aromatic rings. The van der Waals surface area contributed by atoms with Gasteiger partial charge in [0.1, 0.15) is 0 Å². The summed E-state index contributed by atoms with van der Waals surface area (Å²) in [6.07, 6.45) is -4.22. The molecule has 1 unspecified atom stereocenters. The normalized spacial score (nSPS) is 19.5. The smallest absolute Gasteiger partial charge is 0.359 e. The molecule has 1 aliphatic carbocycles. The van der Waals surface area contributed by atoms with Gasteiger partial charge in [-0.1, -0.05) is 12.1 Å². The van der Waals surface area contributed by atoms with Crippen LogP contribution in [0.15, 0.2) is 35.4 Å². The van der Waals surface area contributed by atoms with Gasteiger partial charge in [-0.15, -0.1) is 0 Å². The Hall–Kier alpha value is -1.49. The molecule has 3 N–H and O–H groups in total. The zero-order valence-electron chi connectivity index (χ0n) is 9.67. The predicted molar refractivity (Wildman–Crippen MR) is 59.9 cm³/mol. The molecule has 1 aliphatic rings. The topological polar surface area (TPSA) is 30.9 Å². The van der Waals surface area contributed by atoms with Gasteiger partial charge in [0.15, 0.2) is 5.69 Å². The number of anilines is 1. The van der Waals surface area contributed by atoms with Crippen LogP contribution in [0.1, 0.15) is 6.92 Å². The van der Waals surface area contributed by atoms with E-state index in [4.69, 9.17) is 0 Å². The van der Waals surface area contributed by atoms with Crippen molar-refractivity contribution >= 4 is 11.4 Å². The van der Waals surface area contributed by atoms with Crippen molar-refractivity contribution < 1.29 is 18.9 Å². The van der Waals surface area contributed by atoms with E-state index >= 15 is 0 Å². The third-order valence-electron chi connectivity index (χ3n) is 3.09. The highest BCUT2D eigenvalue weighted by Gasteiger charge is 2.53. The molecule has 17 heavy (non-hydrogen) atoms. The average Bonchev–Trinajstić information content (AvgIpc) is 2.89. The van der Waals surface area contributed by atoms with Crippen molar-refractivity contribution in [2.24, 2.45) is 0 Å². The number of rotatable bonds is 2. The van der Waals surface area contributed by atoms with Gasteiger partial charge in [0.25, 0.3) is 0 Å². The Balaban J connectivity index is 2.21. The first-order chi connectivity index (χ1) is 7.84. The van der Waals surface area contributed by atoms with Gasteiger partial charge in [-0.2, -0.15) is 13.2 Å². The first-order valence-electron chi connectivity index (χ1n) is 5.25. The second-order valence-corrected chi connectivity index (χ2v) is 4.24. The fraction of sp³-hybridized carbons (Fsp3) is 0.333. The van der Waals surface area contributed by atoms with Crippen molar-refractivity contribution in [2.75, 3.05) is 11.9 Å². The molecule has 0 amide bonds. The van der Waals surface area contributed by atoms with E-state index in [0.29, 0.717) is 5.57 Å². The minimum Gasteiger partial charge on any atom is -0.359 e. The molecule has 0 aromatic heterocycles. The highest BCUT2D eigenvalue weighted by molar-refractivity contribution is 5.68. The lowest BCUT2D eigenvalue weighted by Gasteiger charge is -2.21. The highest BCUT2D eigenvalue weighted by atomic mass is 19.4. The lowest BCUT2D eigenvalue weighted by Crippen LogP contribution is -2.42. The van der Waals surface area contributed by atoms with E-state index in [1.54, 1.807) is 30.1 Å².